The van der Waals surface area contributed by atoms with Gasteiger partial charge in [-0.25, -0.2) is 9.97 Å². The summed E-state index contributed by atoms with van der Waals surface area (Å²) in [7, 11) is 0. The molecule has 2 nitrogen and oxygen atoms in total. The summed E-state index contributed by atoms with van der Waals surface area (Å²) in [6.07, 6.45) is 6.92. The molecule has 1 aromatic heterocycles. The molecule has 2 aromatic rings. The van der Waals surface area contributed by atoms with Crippen molar-refractivity contribution in [1.29, 1.82) is 0 Å². The quantitative estimate of drug-likeness (QED) is 0.748. The molecule has 0 aliphatic heterocycles. The number of fused-ring (bicyclic) bond motifs is 1. The van der Waals surface area contributed by atoms with Crippen LogP contribution in [-0.4, -0.2) is 9.97 Å². The van der Waals surface area contributed by atoms with E-state index in [2.05, 4.69) is 16.0 Å². The molecule has 0 N–H and O–H groups in total. The second-order valence-corrected chi connectivity index (χ2v) is 4.10. The second-order valence-electron chi connectivity index (χ2n) is 3.69. The van der Waals surface area contributed by atoms with E-state index in [0.29, 0.717) is 10.8 Å². The summed E-state index contributed by atoms with van der Waals surface area (Å²) in [6.45, 7) is 0. The van der Waals surface area contributed by atoms with Gasteiger partial charge in [0.1, 0.15) is 0 Å². The minimum Gasteiger partial charge on any atom is -0.236 e. The molecule has 1 aromatic carbocycles. The molecule has 0 fully saturated rings. The maximum Gasteiger partial charge on any atom is 0.161 e. The Morgan fingerprint density at radius 1 is 1.19 bits per heavy atom. The van der Waals surface area contributed by atoms with E-state index in [1.165, 1.54) is 5.56 Å². The number of benzene rings is 1. The van der Waals surface area contributed by atoms with Gasteiger partial charge in [-0.15, -0.1) is 0 Å². The lowest BCUT2D eigenvalue weighted by molar-refractivity contribution is 1.11. The van der Waals surface area contributed by atoms with Gasteiger partial charge >= 0.3 is 0 Å². The fourth-order valence-corrected chi connectivity index (χ4v) is 2.01. The van der Waals surface area contributed by atoms with E-state index in [9.17, 15) is 0 Å². The van der Waals surface area contributed by atoms with Crippen LogP contribution in [0.5, 0.6) is 0 Å². The average Bonchev–Trinajstić information content (AvgIpc) is 2.76. The number of aromatic nitrogens is 2. The van der Waals surface area contributed by atoms with Crippen LogP contribution in [0.3, 0.4) is 0 Å². The van der Waals surface area contributed by atoms with Crippen molar-refractivity contribution >= 4 is 17.7 Å². The molecule has 0 bridgehead atoms. The van der Waals surface area contributed by atoms with E-state index in [0.717, 1.165) is 17.7 Å². The highest BCUT2D eigenvalue weighted by atomic mass is 35.5. The lowest BCUT2D eigenvalue weighted by Gasteiger charge is -2.04. The molecule has 16 heavy (non-hydrogen) atoms. The fourth-order valence-electron chi connectivity index (χ4n) is 1.79. The summed E-state index contributed by atoms with van der Waals surface area (Å²) in [6, 6.07) is 7.62. The first-order chi connectivity index (χ1) is 7.84. The first-order valence-corrected chi connectivity index (χ1v) is 5.50. The SMILES string of the molecule is Clc1ccccc1-c1ncc2c(n1)C=CC2. The highest BCUT2D eigenvalue weighted by Crippen LogP contribution is 2.26. The van der Waals surface area contributed by atoms with Gasteiger partial charge < -0.3 is 0 Å². The van der Waals surface area contributed by atoms with E-state index in [-0.39, 0.29) is 0 Å². The third-order valence-corrected chi connectivity index (χ3v) is 2.96. The van der Waals surface area contributed by atoms with Crippen molar-refractivity contribution < 1.29 is 0 Å². The van der Waals surface area contributed by atoms with Gasteiger partial charge in [-0.2, -0.15) is 0 Å². The monoisotopic (exact) mass is 228 g/mol. The zero-order valence-corrected chi connectivity index (χ0v) is 9.28. The van der Waals surface area contributed by atoms with Crippen LogP contribution in [0.2, 0.25) is 5.02 Å². The molecule has 1 aliphatic carbocycles. The molecule has 0 saturated carbocycles. The smallest absolute Gasteiger partial charge is 0.161 e. The Morgan fingerprint density at radius 2 is 2.06 bits per heavy atom. The summed E-state index contributed by atoms with van der Waals surface area (Å²) in [5.41, 5.74) is 3.06. The molecule has 1 aliphatic rings. The van der Waals surface area contributed by atoms with Gasteiger partial charge in [0.05, 0.1) is 10.7 Å². The number of hydrogen-bond donors (Lipinski definition) is 0. The molecule has 0 spiro atoms. The van der Waals surface area contributed by atoms with E-state index >= 15 is 0 Å². The highest BCUT2D eigenvalue weighted by Gasteiger charge is 2.11. The van der Waals surface area contributed by atoms with E-state index in [4.69, 9.17) is 11.6 Å². The Labute approximate surface area is 98.6 Å². The Bertz CT molecular complexity index is 576. The summed E-state index contributed by atoms with van der Waals surface area (Å²) < 4.78 is 0. The third-order valence-electron chi connectivity index (χ3n) is 2.63. The summed E-state index contributed by atoms with van der Waals surface area (Å²) >= 11 is 6.11. The molecule has 0 saturated heterocycles. The van der Waals surface area contributed by atoms with Crippen LogP contribution in [0.15, 0.2) is 36.5 Å². The molecule has 0 unspecified atom stereocenters. The van der Waals surface area contributed by atoms with E-state index < -0.39 is 0 Å². The Kier molecular flexibility index (Phi) is 2.22. The van der Waals surface area contributed by atoms with E-state index in [1.54, 1.807) is 0 Å². The van der Waals surface area contributed by atoms with Gasteiger partial charge in [-0.3, -0.25) is 0 Å². The lowest BCUT2D eigenvalue weighted by atomic mass is 10.2. The fraction of sp³-hybridized carbons (Fsp3) is 0.0769. The first-order valence-electron chi connectivity index (χ1n) is 5.12. The van der Waals surface area contributed by atoms with Crippen LogP contribution < -0.4 is 0 Å². The Balaban J connectivity index is 2.14. The summed E-state index contributed by atoms with van der Waals surface area (Å²) in [5.74, 6) is 0.691. The largest absolute Gasteiger partial charge is 0.236 e. The van der Waals surface area contributed by atoms with Crippen LogP contribution in [0.25, 0.3) is 17.5 Å². The number of rotatable bonds is 1. The van der Waals surface area contributed by atoms with Crippen LogP contribution in [0.4, 0.5) is 0 Å². The Morgan fingerprint density at radius 3 is 2.94 bits per heavy atom. The van der Waals surface area contributed by atoms with Gasteiger partial charge in [-0.05, 0) is 30.2 Å². The average molecular weight is 229 g/mol. The molecule has 0 amide bonds. The van der Waals surface area contributed by atoms with Gasteiger partial charge in [0.25, 0.3) is 0 Å². The normalized spacial score (nSPS) is 12.8. The summed E-state index contributed by atoms with van der Waals surface area (Å²) in [4.78, 5) is 8.85. The van der Waals surface area contributed by atoms with E-state index in [1.807, 2.05) is 36.5 Å². The molecular formula is C13H9ClN2. The maximum absolute atomic E-state index is 6.11. The van der Waals surface area contributed by atoms with Crippen LogP contribution in [0.1, 0.15) is 11.3 Å². The van der Waals surface area contributed by atoms with Crippen molar-refractivity contribution in [3.63, 3.8) is 0 Å². The lowest BCUT2D eigenvalue weighted by Crippen LogP contribution is -1.94. The number of allylic oxidation sites excluding steroid dienone is 1. The minimum atomic E-state index is 0.685. The number of halogens is 1. The second kappa shape index (κ2) is 3.72. The van der Waals surface area contributed by atoms with Crippen molar-refractivity contribution in [1.82, 2.24) is 9.97 Å². The number of hydrogen-bond acceptors (Lipinski definition) is 2. The predicted octanol–water partition coefficient (Wildman–Crippen LogP) is 3.37. The molecule has 3 rings (SSSR count). The van der Waals surface area contributed by atoms with Gasteiger partial charge in [0.15, 0.2) is 5.82 Å². The van der Waals surface area contributed by atoms with Crippen molar-refractivity contribution in [3.8, 4) is 11.4 Å². The molecule has 78 valence electrons. The zero-order chi connectivity index (χ0) is 11.0. The first kappa shape index (κ1) is 9.55. The van der Waals surface area contributed by atoms with Gasteiger partial charge in [0.2, 0.25) is 0 Å². The molecule has 0 radical (unpaired) electrons. The third kappa shape index (κ3) is 1.51. The molecule has 3 heteroatoms. The van der Waals surface area contributed by atoms with Crippen molar-refractivity contribution in [3.05, 3.63) is 52.8 Å². The van der Waals surface area contributed by atoms with Gasteiger partial charge in [0, 0.05) is 11.8 Å². The molecular weight excluding hydrogens is 220 g/mol. The molecule has 0 atom stereocenters. The number of nitrogens with zero attached hydrogens (tertiary/aromatic N) is 2. The van der Waals surface area contributed by atoms with Crippen molar-refractivity contribution in [2.45, 2.75) is 6.42 Å². The summed E-state index contributed by atoms with van der Waals surface area (Å²) in [5, 5.41) is 0.685. The zero-order valence-electron chi connectivity index (χ0n) is 8.52. The minimum absolute atomic E-state index is 0.685. The van der Waals surface area contributed by atoms with Crippen LogP contribution in [-0.2, 0) is 6.42 Å². The predicted molar refractivity (Wildman–Crippen MR) is 65.2 cm³/mol. The van der Waals surface area contributed by atoms with Crippen molar-refractivity contribution in [2.75, 3.05) is 0 Å². The van der Waals surface area contributed by atoms with Gasteiger partial charge in [-0.1, -0.05) is 29.8 Å². The standard InChI is InChI=1S/C13H9ClN2/c14-11-6-2-1-5-10(11)13-15-8-9-4-3-7-12(9)16-13/h1-3,5-8H,4H2. The Hall–Kier alpha value is -1.67. The topological polar surface area (TPSA) is 25.8 Å². The van der Waals surface area contributed by atoms with Crippen LogP contribution >= 0.6 is 11.6 Å². The van der Waals surface area contributed by atoms with Crippen molar-refractivity contribution in [2.24, 2.45) is 0 Å². The van der Waals surface area contributed by atoms with Crippen LogP contribution in [0, 0.1) is 0 Å². The molecule has 1 heterocycles. The maximum atomic E-state index is 6.11. The highest BCUT2D eigenvalue weighted by molar-refractivity contribution is 6.33.